The SMILES string of the molecule is C[C@@H](Nc1nc(Nc2cnccn2)cc(-c2cnccc2C#N)n1)c1ccc(F)cc1. The molecule has 0 saturated carbocycles. The van der Waals surface area contributed by atoms with Crippen molar-refractivity contribution >= 4 is 17.6 Å². The topological polar surface area (TPSA) is 112 Å². The Kier molecular flexibility index (Phi) is 5.71. The monoisotopic (exact) mass is 412 g/mol. The van der Waals surface area contributed by atoms with E-state index in [0.29, 0.717) is 34.4 Å². The van der Waals surface area contributed by atoms with E-state index in [-0.39, 0.29) is 11.9 Å². The van der Waals surface area contributed by atoms with Crippen LogP contribution in [0.5, 0.6) is 0 Å². The minimum Gasteiger partial charge on any atom is -0.348 e. The van der Waals surface area contributed by atoms with Gasteiger partial charge in [-0.15, -0.1) is 0 Å². The number of anilines is 3. The number of nitrogens with one attached hydrogen (secondary N) is 2. The molecule has 0 unspecified atom stereocenters. The maximum atomic E-state index is 13.3. The number of aromatic nitrogens is 5. The van der Waals surface area contributed by atoms with Crippen LogP contribution in [0, 0.1) is 17.1 Å². The van der Waals surface area contributed by atoms with Gasteiger partial charge in [-0.25, -0.2) is 14.4 Å². The first-order chi connectivity index (χ1) is 15.1. The first-order valence-electron chi connectivity index (χ1n) is 9.41. The molecule has 9 heteroatoms. The summed E-state index contributed by atoms with van der Waals surface area (Å²) in [6.07, 6.45) is 7.84. The van der Waals surface area contributed by atoms with Gasteiger partial charge in [-0.3, -0.25) is 9.97 Å². The van der Waals surface area contributed by atoms with E-state index in [4.69, 9.17) is 0 Å². The highest BCUT2D eigenvalue weighted by Gasteiger charge is 2.14. The van der Waals surface area contributed by atoms with Gasteiger partial charge in [0.15, 0.2) is 0 Å². The number of nitriles is 1. The van der Waals surface area contributed by atoms with Gasteiger partial charge in [0.2, 0.25) is 5.95 Å². The third-order valence-electron chi connectivity index (χ3n) is 4.48. The van der Waals surface area contributed by atoms with Crippen LogP contribution in [0.15, 0.2) is 67.4 Å². The summed E-state index contributed by atoms with van der Waals surface area (Å²) in [5, 5.41) is 15.8. The van der Waals surface area contributed by atoms with Crippen LogP contribution < -0.4 is 10.6 Å². The molecule has 152 valence electrons. The van der Waals surface area contributed by atoms with Crippen molar-refractivity contribution in [3.8, 4) is 17.3 Å². The zero-order valence-electron chi connectivity index (χ0n) is 16.5. The van der Waals surface area contributed by atoms with Crippen molar-refractivity contribution < 1.29 is 4.39 Å². The number of nitrogens with zero attached hydrogens (tertiary/aromatic N) is 6. The molecule has 3 heterocycles. The fourth-order valence-corrected chi connectivity index (χ4v) is 2.93. The van der Waals surface area contributed by atoms with E-state index < -0.39 is 0 Å². The Balaban J connectivity index is 1.72. The summed E-state index contributed by atoms with van der Waals surface area (Å²) in [6, 6.07) is 11.5. The van der Waals surface area contributed by atoms with Crippen molar-refractivity contribution in [3.63, 3.8) is 0 Å². The molecule has 0 aliphatic heterocycles. The van der Waals surface area contributed by atoms with Gasteiger partial charge in [0.05, 0.1) is 29.6 Å². The molecule has 1 aromatic carbocycles. The Morgan fingerprint density at radius 3 is 2.52 bits per heavy atom. The highest BCUT2D eigenvalue weighted by Crippen LogP contribution is 2.26. The predicted molar refractivity (Wildman–Crippen MR) is 114 cm³/mol. The van der Waals surface area contributed by atoms with Crippen molar-refractivity contribution in [3.05, 3.63) is 84.3 Å². The van der Waals surface area contributed by atoms with E-state index in [1.165, 1.54) is 12.1 Å². The average molecular weight is 412 g/mol. The van der Waals surface area contributed by atoms with Crippen LogP contribution in [0.3, 0.4) is 0 Å². The minimum absolute atomic E-state index is 0.190. The highest BCUT2D eigenvalue weighted by molar-refractivity contribution is 5.70. The Morgan fingerprint density at radius 2 is 1.77 bits per heavy atom. The number of hydrogen-bond donors (Lipinski definition) is 2. The second-order valence-corrected chi connectivity index (χ2v) is 6.63. The van der Waals surface area contributed by atoms with Gasteiger partial charge in [0.1, 0.15) is 17.5 Å². The quantitative estimate of drug-likeness (QED) is 0.483. The molecule has 4 rings (SSSR count). The average Bonchev–Trinajstić information content (AvgIpc) is 2.80. The molecule has 0 fully saturated rings. The molecule has 0 saturated heterocycles. The van der Waals surface area contributed by atoms with Gasteiger partial charge < -0.3 is 10.6 Å². The summed E-state index contributed by atoms with van der Waals surface area (Å²) in [5.74, 6) is 1.00. The van der Waals surface area contributed by atoms with Crippen molar-refractivity contribution in [1.29, 1.82) is 5.26 Å². The number of pyridine rings is 1. The summed E-state index contributed by atoms with van der Waals surface area (Å²) in [5.41, 5.74) is 2.40. The van der Waals surface area contributed by atoms with E-state index in [0.717, 1.165) is 5.56 Å². The van der Waals surface area contributed by atoms with Crippen LogP contribution in [0.4, 0.5) is 22.0 Å². The third-order valence-corrected chi connectivity index (χ3v) is 4.48. The van der Waals surface area contributed by atoms with Crippen LogP contribution in [-0.4, -0.2) is 24.9 Å². The van der Waals surface area contributed by atoms with Gasteiger partial charge in [0, 0.05) is 36.4 Å². The molecule has 31 heavy (non-hydrogen) atoms. The second-order valence-electron chi connectivity index (χ2n) is 6.63. The standard InChI is InChI=1S/C22H17FN8/c1-14(15-2-4-17(23)5-3-15)28-22-29-19(18-12-25-7-6-16(18)11-24)10-20(31-22)30-21-13-26-8-9-27-21/h2-10,12-14H,1H3,(H2,27,28,29,30,31)/t14-/m1/s1. The molecule has 3 aromatic heterocycles. The Hall–Kier alpha value is -4.45. The van der Waals surface area contributed by atoms with E-state index in [1.807, 2.05) is 6.92 Å². The molecule has 0 aliphatic carbocycles. The summed E-state index contributed by atoms with van der Waals surface area (Å²) in [6.45, 7) is 1.92. The van der Waals surface area contributed by atoms with E-state index in [9.17, 15) is 9.65 Å². The molecule has 4 aromatic rings. The van der Waals surface area contributed by atoms with Crippen molar-refractivity contribution in [2.75, 3.05) is 10.6 Å². The van der Waals surface area contributed by atoms with E-state index in [2.05, 4.69) is 41.6 Å². The number of rotatable bonds is 6. The zero-order valence-corrected chi connectivity index (χ0v) is 16.5. The molecular formula is C22H17FN8. The van der Waals surface area contributed by atoms with Gasteiger partial charge >= 0.3 is 0 Å². The molecular weight excluding hydrogens is 395 g/mol. The van der Waals surface area contributed by atoms with Crippen LogP contribution >= 0.6 is 0 Å². The lowest BCUT2D eigenvalue weighted by molar-refractivity contribution is 0.626. The van der Waals surface area contributed by atoms with Crippen LogP contribution in [0.2, 0.25) is 0 Å². The van der Waals surface area contributed by atoms with Crippen molar-refractivity contribution in [1.82, 2.24) is 24.9 Å². The highest BCUT2D eigenvalue weighted by atomic mass is 19.1. The van der Waals surface area contributed by atoms with Crippen molar-refractivity contribution in [2.45, 2.75) is 13.0 Å². The first kappa shape index (κ1) is 19.8. The Labute approximate surface area is 177 Å². The smallest absolute Gasteiger partial charge is 0.225 e. The summed E-state index contributed by atoms with van der Waals surface area (Å²) in [4.78, 5) is 21.4. The van der Waals surface area contributed by atoms with Crippen LogP contribution in [-0.2, 0) is 0 Å². The fraction of sp³-hybridized carbons (Fsp3) is 0.0909. The zero-order chi connectivity index (χ0) is 21.6. The van der Waals surface area contributed by atoms with E-state index >= 15 is 0 Å². The summed E-state index contributed by atoms with van der Waals surface area (Å²) < 4.78 is 13.3. The maximum Gasteiger partial charge on any atom is 0.225 e. The van der Waals surface area contributed by atoms with Crippen molar-refractivity contribution in [2.24, 2.45) is 0 Å². The number of hydrogen-bond acceptors (Lipinski definition) is 8. The van der Waals surface area contributed by atoms with E-state index in [1.54, 1.807) is 55.2 Å². The number of halogens is 1. The van der Waals surface area contributed by atoms with Gasteiger partial charge in [0.25, 0.3) is 0 Å². The van der Waals surface area contributed by atoms with Gasteiger partial charge in [-0.2, -0.15) is 10.2 Å². The molecule has 8 nitrogen and oxygen atoms in total. The lowest BCUT2D eigenvalue weighted by Crippen LogP contribution is -2.11. The molecule has 2 N–H and O–H groups in total. The molecule has 0 aliphatic rings. The van der Waals surface area contributed by atoms with Crippen LogP contribution in [0.1, 0.15) is 24.1 Å². The lowest BCUT2D eigenvalue weighted by Gasteiger charge is -2.16. The predicted octanol–water partition coefficient (Wildman–Crippen LogP) is 4.26. The van der Waals surface area contributed by atoms with Gasteiger partial charge in [-0.1, -0.05) is 12.1 Å². The summed E-state index contributed by atoms with van der Waals surface area (Å²) in [7, 11) is 0. The normalized spacial score (nSPS) is 11.4. The summed E-state index contributed by atoms with van der Waals surface area (Å²) >= 11 is 0. The Morgan fingerprint density at radius 1 is 0.968 bits per heavy atom. The minimum atomic E-state index is -0.301. The fourth-order valence-electron chi connectivity index (χ4n) is 2.93. The molecule has 0 amide bonds. The second kappa shape index (κ2) is 8.92. The molecule has 0 radical (unpaired) electrons. The third kappa shape index (κ3) is 4.76. The lowest BCUT2D eigenvalue weighted by atomic mass is 10.1. The van der Waals surface area contributed by atoms with Crippen LogP contribution in [0.25, 0.3) is 11.3 Å². The largest absolute Gasteiger partial charge is 0.348 e. The van der Waals surface area contributed by atoms with Gasteiger partial charge in [-0.05, 0) is 30.7 Å². The molecule has 0 bridgehead atoms. The Bertz CT molecular complexity index is 1220. The maximum absolute atomic E-state index is 13.3. The molecule has 1 atom stereocenters. The molecule has 0 spiro atoms. The number of benzene rings is 1. The first-order valence-corrected chi connectivity index (χ1v) is 9.41.